The summed E-state index contributed by atoms with van der Waals surface area (Å²) in [4.78, 5) is 0. The molecule has 300 valence electrons. The molecule has 0 N–H and O–H groups in total. The van der Waals surface area contributed by atoms with Crippen molar-refractivity contribution in [3.05, 3.63) is 187 Å². The average Bonchev–Trinajstić information content (AvgIpc) is 3.81. The van der Waals surface area contributed by atoms with Crippen LogP contribution in [0.1, 0.15) is 157 Å². The molecule has 0 aromatic heterocycles. The summed E-state index contributed by atoms with van der Waals surface area (Å²) in [6.45, 7) is 27.7. The fourth-order valence-corrected chi connectivity index (χ4v) is 9.77. The van der Waals surface area contributed by atoms with Crippen LogP contribution in [0, 0.1) is 27.7 Å². The monoisotopic (exact) mass is 773 g/mol. The third-order valence-corrected chi connectivity index (χ3v) is 13.5. The van der Waals surface area contributed by atoms with Gasteiger partial charge in [0, 0.05) is 0 Å². The maximum Gasteiger partial charge on any atom is -0.00132 e. The maximum absolute atomic E-state index is 2.58. The highest BCUT2D eigenvalue weighted by molar-refractivity contribution is 5.84. The van der Waals surface area contributed by atoms with Gasteiger partial charge >= 0.3 is 0 Å². The van der Waals surface area contributed by atoms with Crippen molar-refractivity contribution >= 4 is 0 Å². The van der Waals surface area contributed by atoms with Gasteiger partial charge in [0.15, 0.2) is 0 Å². The molecule has 0 saturated heterocycles. The van der Waals surface area contributed by atoms with E-state index < -0.39 is 0 Å². The van der Waals surface area contributed by atoms with Gasteiger partial charge in [-0.1, -0.05) is 165 Å². The van der Waals surface area contributed by atoms with Crippen LogP contribution in [0.25, 0.3) is 44.5 Å². The van der Waals surface area contributed by atoms with Crippen molar-refractivity contribution in [3.8, 4) is 44.5 Å². The zero-order valence-electron chi connectivity index (χ0n) is 37.8. The SMILES string of the molecule is Cc1ccc(C(C)C)cc2c(Cc3cc(Cc4cc(Cc5ccc6c(C)ccc(C(C)C)cc5-6)c5c(C)ccc(C(C)C)cc4-5)c4cc(C(C)C)ccc(C)c3-4)ccc1-2. The van der Waals surface area contributed by atoms with E-state index in [9.17, 15) is 0 Å². The number of hydrogen-bond acceptors (Lipinski definition) is 0. The summed E-state index contributed by atoms with van der Waals surface area (Å²) in [6.07, 6.45) is 2.73. The van der Waals surface area contributed by atoms with Crippen molar-refractivity contribution in [2.24, 2.45) is 0 Å². The number of rotatable bonds is 10. The van der Waals surface area contributed by atoms with Crippen LogP contribution in [0.2, 0.25) is 0 Å². The lowest BCUT2D eigenvalue weighted by Gasteiger charge is -2.10. The first kappa shape index (κ1) is 40.6. The molecule has 0 nitrogen and oxygen atoms in total. The van der Waals surface area contributed by atoms with Crippen molar-refractivity contribution in [2.75, 3.05) is 0 Å². The van der Waals surface area contributed by atoms with E-state index in [-0.39, 0.29) is 0 Å². The molecule has 8 rings (SSSR count). The fourth-order valence-electron chi connectivity index (χ4n) is 9.77. The van der Waals surface area contributed by atoms with Crippen LogP contribution < -0.4 is 0 Å². The molecule has 0 atom stereocenters. The second-order valence-corrected chi connectivity index (χ2v) is 19.1. The van der Waals surface area contributed by atoms with Crippen molar-refractivity contribution in [1.29, 1.82) is 0 Å². The van der Waals surface area contributed by atoms with Crippen LogP contribution in [0.4, 0.5) is 0 Å². The Balaban J connectivity index is 1.29. The van der Waals surface area contributed by atoms with Crippen LogP contribution in [0.5, 0.6) is 0 Å². The Bertz CT molecular complexity index is 2490. The minimum atomic E-state index is 0.440. The molecule has 8 aliphatic rings. The van der Waals surface area contributed by atoms with E-state index in [1.807, 2.05) is 0 Å². The molecule has 59 heavy (non-hydrogen) atoms. The smallest absolute Gasteiger partial charge is 0.00132 e. The standard InChI is InChI=1S/C59H64/c1-34(2)42-17-13-38(9)52-23-21-46(54(52)30-42)25-50-28-48(56-32-44(36(5)6)19-15-40(11)58(50)56)27-49-29-51(59-41(12)16-20-45(37(7)8)33-57(49)59)26-47-22-24-53-39(10)14-18-43(35(3)4)31-55(47)53/h13-24,28-37H,25-27H2,1-12H3. The Kier molecular flexibility index (Phi) is 11.1. The molecule has 0 saturated carbocycles. The minimum absolute atomic E-state index is 0.440. The molecule has 0 heterocycles. The molecule has 0 fully saturated rings. The Hall–Kier alpha value is -5.20. The summed E-state index contributed by atoms with van der Waals surface area (Å²) in [6, 6.07) is 43.4. The van der Waals surface area contributed by atoms with Crippen molar-refractivity contribution < 1.29 is 0 Å². The molecular weight excluding hydrogens is 709 g/mol. The van der Waals surface area contributed by atoms with Gasteiger partial charge in [0.1, 0.15) is 0 Å². The van der Waals surface area contributed by atoms with Gasteiger partial charge in [-0.15, -0.1) is 0 Å². The molecular formula is C59H64. The van der Waals surface area contributed by atoms with Crippen LogP contribution >= 0.6 is 0 Å². The first-order chi connectivity index (χ1) is 28.2. The first-order valence-electron chi connectivity index (χ1n) is 22.3. The van der Waals surface area contributed by atoms with Gasteiger partial charge in [-0.05, 0) is 193 Å². The number of fused-ring (bicyclic) bond motifs is 4. The summed E-state index contributed by atoms with van der Waals surface area (Å²) in [5.41, 5.74) is 30.8. The third-order valence-electron chi connectivity index (χ3n) is 13.5. The van der Waals surface area contributed by atoms with E-state index in [2.05, 4.69) is 192 Å². The Morgan fingerprint density at radius 1 is 0.271 bits per heavy atom. The summed E-state index contributed by atoms with van der Waals surface area (Å²) in [5.74, 6) is 1.83. The summed E-state index contributed by atoms with van der Waals surface area (Å²) < 4.78 is 0. The highest BCUT2D eigenvalue weighted by Gasteiger charge is 2.26. The van der Waals surface area contributed by atoms with Gasteiger partial charge in [0.2, 0.25) is 0 Å². The molecule has 0 amide bonds. The van der Waals surface area contributed by atoms with E-state index in [0.717, 1.165) is 19.3 Å². The zero-order chi connectivity index (χ0) is 41.9. The lowest BCUT2D eigenvalue weighted by Crippen LogP contribution is -1.91. The highest BCUT2D eigenvalue weighted by atomic mass is 14.3. The zero-order valence-corrected chi connectivity index (χ0v) is 37.8. The second kappa shape index (κ2) is 16.1. The number of aryl methyl sites for hydroxylation is 4. The third kappa shape index (κ3) is 7.73. The Labute approximate surface area is 356 Å². The topological polar surface area (TPSA) is 0 Å². The van der Waals surface area contributed by atoms with Crippen molar-refractivity contribution in [2.45, 2.75) is 126 Å². The minimum Gasteiger partial charge on any atom is -0.0587 e. The molecule has 0 bridgehead atoms. The molecule has 0 aromatic rings. The van der Waals surface area contributed by atoms with Gasteiger partial charge in [0.05, 0.1) is 0 Å². The normalized spacial score (nSPS) is 12.2. The summed E-state index contributed by atoms with van der Waals surface area (Å²) >= 11 is 0. The van der Waals surface area contributed by atoms with Gasteiger partial charge in [-0.3, -0.25) is 0 Å². The van der Waals surface area contributed by atoms with E-state index in [4.69, 9.17) is 0 Å². The van der Waals surface area contributed by atoms with Crippen molar-refractivity contribution in [3.63, 3.8) is 0 Å². The molecule has 0 aliphatic heterocycles. The van der Waals surface area contributed by atoms with E-state index >= 15 is 0 Å². The average molecular weight is 773 g/mol. The molecule has 0 aromatic carbocycles. The Morgan fingerprint density at radius 2 is 0.576 bits per heavy atom. The summed E-state index contributed by atoms with van der Waals surface area (Å²) in [7, 11) is 0. The van der Waals surface area contributed by atoms with E-state index in [1.54, 1.807) is 0 Å². The lowest BCUT2D eigenvalue weighted by molar-refractivity contribution is 0.868. The van der Waals surface area contributed by atoms with E-state index in [0.29, 0.717) is 23.7 Å². The van der Waals surface area contributed by atoms with Crippen molar-refractivity contribution in [1.82, 2.24) is 0 Å². The lowest BCUT2D eigenvalue weighted by atomic mass is 9.94. The highest BCUT2D eigenvalue weighted by Crippen LogP contribution is 2.45. The van der Waals surface area contributed by atoms with Crippen LogP contribution in [-0.2, 0) is 19.3 Å². The fraction of sp³-hybridized carbons (Fsp3) is 0.322. The van der Waals surface area contributed by atoms with Crippen LogP contribution in [0.15, 0.2) is 109 Å². The van der Waals surface area contributed by atoms with E-state index in [1.165, 1.54) is 122 Å². The first-order valence-corrected chi connectivity index (χ1v) is 22.3. The molecule has 0 radical (unpaired) electrons. The second-order valence-electron chi connectivity index (χ2n) is 19.1. The molecule has 0 heteroatoms. The predicted molar refractivity (Wildman–Crippen MR) is 256 cm³/mol. The predicted octanol–water partition coefficient (Wildman–Crippen LogP) is 16.6. The molecule has 0 spiro atoms. The van der Waals surface area contributed by atoms with Gasteiger partial charge < -0.3 is 0 Å². The van der Waals surface area contributed by atoms with Gasteiger partial charge in [-0.2, -0.15) is 0 Å². The summed E-state index contributed by atoms with van der Waals surface area (Å²) in [5, 5.41) is 0. The quantitative estimate of drug-likeness (QED) is 0.130. The van der Waals surface area contributed by atoms with Crippen LogP contribution in [-0.4, -0.2) is 0 Å². The number of hydrogen-bond donors (Lipinski definition) is 0. The maximum atomic E-state index is 2.58. The molecule has 8 aliphatic carbocycles. The van der Waals surface area contributed by atoms with Gasteiger partial charge in [0.25, 0.3) is 0 Å². The Morgan fingerprint density at radius 3 is 0.915 bits per heavy atom. The van der Waals surface area contributed by atoms with Gasteiger partial charge in [-0.25, -0.2) is 0 Å². The largest absolute Gasteiger partial charge is 0.0587 e. The molecule has 0 unspecified atom stereocenters. The van der Waals surface area contributed by atoms with Crippen LogP contribution in [0.3, 0.4) is 0 Å².